The number of fused-ring (bicyclic) bond motifs is 7. The molecular formula is C47H27NO. The van der Waals surface area contributed by atoms with Crippen LogP contribution in [0.15, 0.2) is 168 Å². The second kappa shape index (κ2) is 10.7. The molecule has 0 saturated carbocycles. The molecular weight excluding hydrogens is 595 g/mol. The average Bonchev–Trinajstić information content (AvgIpc) is 3.56. The monoisotopic (exact) mass is 621 g/mol. The van der Waals surface area contributed by atoms with Crippen LogP contribution < -0.4 is 0 Å². The maximum absolute atomic E-state index is 10.3. The molecule has 0 radical (unpaired) electrons. The van der Waals surface area contributed by atoms with Crippen LogP contribution in [0.1, 0.15) is 5.56 Å². The van der Waals surface area contributed by atoms with Crippen molar-refractivity contribution in [2.24, 2.45) is 0 Å². The number of rotatable bonds is 3. The summed E-state index contributed by atoms with van der Waals surface area (Å²) in [7, 11) is 0. The molecule has 10 rings (SSSR count). The van der Waals surface area contributed by atoms with Crippen molar-refractivity contribution in [2.75, 3.05) is 0 Å². The van der Waals surface area contributed by atoms with Crippen molar-refractivity contribution < 1.29 is 4.42 Å². The van der Waals surface area contributed by atoms with Gasteiger partial charge in [0.15, 0.2) is 0 Å². The van der Waals surface area contributed by atoms with Gasteiger partial charge in [-0.05, 0) is 60.6 Å². The molecule has 2 heteroatoms. The Morgan fingerprint density at radius 1 is 0.367 bits per heavy atom. The molecule has 0 fully saturated rings. The molecule has 2 nitrogen and oxygen atoms in total. The molecule has 49 heavy (non-hydrogen) atoms. The van der Waals surface area contributed by atoms with E-state index in [0.29, 0.717) is 5.56 Å². The van der Waals surface area contributed by atoms with Gasteiger partial charge in [-0.15, -0.1) is 0 Å². The van der Waals surface area contributed by atoms with E-state index in [0.717, 1.165) is 60.2 Å². The van der Waals surface area contributed by atoms with Crippen LogP contribution in [0.5, 0.6) is 0 Å². The average molecular weight is 622 g/mol. The first kappa shape index (κ1) is 27.4. The van der Waals surface area contributed by atoms with Crippen molar-refractivity contribution in [3.8, 4) is 39.4 Å². The van der Waals surface area contributed by atoms with Gasteiger partial charge in [0.1, 0.15) is 17.2 Å². The molecule has 0 N–H and O–H groups in total. The highest BCUT2D eigenvalue weighted by Crippen LogP contribution is 2.49. The zero-order valence-electron chi connectivity index (χ0n) is 26.4. The number of nitrogens with zero attached hydrogens (tertiary/aromatic N) is 1. The van der Waals surface area contributed by atoms with E-state index in [2.05, 4.69) is 146 Å². The van der Waals surface area contributed by atoms with Gasteiger partial charge in [-0.2, -0.15) is 5.26 Å². The molecule has 10 aromatic rings. The maximum atomic E-state index is 10.3. The van der Waals surface area contributed by atoms with Crippen molar-refractivity contribution in [2.45, 2.75) is 0 Å². The minimum Gasteiger partial charge on any atom is -0.455 e. The highest BCUT2D eigenvalue weighted by Gasteiger charge is 2.23. The number of para-hydroxylation sites is 1. The lowest BCUT2D eigenvalue weighted by Crippen LogP contribution is -1.91. The van der Waals surface area contributed by atoms with Crippen LogP contribution in [0.4, 0.5) is 0 Å². The minimum absolute atomic E-state index is 0.701. The molecule has 1 aromatic heterocycles. The first-order valence-corrected chi connectivity index (χ1v) is 16.6. The third-order valence-corrected chi connectivity index (χ3v) is 10.1. The summed E-state index contributed by atoms with van der Waals surface area (Å²) in [4.78, 5) is 0. The van der Waals surface area contributed by atoms with E-state index in [1.54, 1.807) is 0 Å². The van der Waals surface area contributed by atoms with Crippen molar-refractivity contribution in [3.63, 3.8) is 0 Å². The highest BCUT2D eigenvalue weighted by atomic mass is 16.3. The van der Waals surface area contributed by atoms with Crippen LogP contribution in [0.2, 0.25) is 0 Å². The van der Waals surface area contributed by atoms with E-state index in [4.69, 9.17) is 4.42 Å². The lowest BCUT2D eigenvalue weighted by molar-refractivity contribution is 0.670. The van der Waals surface area contributed by atoms with Gasteiger partial charge in [0, 0.05) is 32.7 Å². The van der Waals surface area contributed by atoms with Gasteiger partial charge >= 0.3 is 0 Å². The molecule has 0 aliphatic carbocycles. The summed E-state index contributed by atoms with van der Waals surface area (Å²) in [6.07, 6.45) is 0. The zero-order chi connectivity index (χ0) is 32.5. The summed E-state index contributed by atoms with van der Waals surface area (Å²) >= 11 is 0. The van der Waals surface area contributed by atoms with Crippen LogP contribution in [-0.2, 0) is 0 Å². The number of hydrogen-bond donors (Lipinski definition) is 0. The summed E-state index contributed by atoms with van der Waals surface area (Å²) in [5.74, 6) is 0. The van der Waals surface area contributed by atoms with Crippen LogP contribution >= 0.6 is 0 Å². The Morgan fingerprint density at radius 3 is 1.37 bits per heavy atom. The molecule has 0 saturated heterocycles. The van der Waals surface area contributed by atoms with Gasteiger partial charge in [0.05, 0.1) is 5.56 Å². The van der Waals surface area contributed by atoms with Crippen molar-refractivity contribution >= 4 is 65.0 Å². The van der Waals surface area contributed by atoms with Crippen molar-refractivity contribution in [1.29, 1.82) is 5.26 Å². The van der Waals surface area contributed by atoms with E-state index in [9.17, 15) is 5.26 Å². The fraction of sp³-hybridized carbons (Fsp3) is 0. The van der Waals surface area contributed by atoms with E-state index in [1.165, 1.54) is 38.2 Å². The lowest BCUT2D eigenvalue weighted by Gasteiger charge is -2.18. The Labute approximate surface area is 282 Å². The van der Waals surface area contributed by atoms with Crippen LogP contribution in [0.25, 0.3) is 98.4 Å². The summed E-state index contributed by atoms with van der Waals surface area (Å²) in [5.41, 5.74) is 9.31. The predicted octanol–water partition coefficient (Wildman–Crippen LogP) is 13.1. The molecule has 0 amide bonds. The van der Waals surface area contributed by atoms with Crippen molar-refractivity contribution in [1.82, 2.24) is 0 Å². The van der Waals surface area contributed by atoms with E-state index >= 15 is 0 Å². The van der Waals surface area contributed by atoms with Crippen LogP contribution in [0, 0.1) is 11.3 Å². The number of hydrogen-bond acceptors (Lipinski definition) is 2. The number of furan rings is 1. The number of nitriles is 1. The Morgan fingerprint density at radius 2 is 0.796 bits per heavy atom. The first-order valence-electron chi connectivity index (χ1n) is 16.6. The second-order valence-electron chi connectivity index (χ2n) is 12.6. The van der Waals surface area contributed by atoms with E-state index in [-0.39, 0.29) is 0 Å². The van der Waals surface area contributed by atoms with Crippen LogP contribution in [0.3, 0.4) is 0 Å². The molecule has 9 aromatic carbocycles. The molecule has 1 heterocycles. The summed E-state index contributed by atoms with van der Waals surface area (Å²) in [5, 5.41) is 21.3. The Hall–Kier alpha value is -6.69. The molecule has 0 aliphatic rings. The standard InChI is InChI=1S/C47H27NO/c48-28-41-30-16-4-6-18-32(30)45(33-19-7-5-17-31(33)41)39-25-12-26-40-46-38(24-13-27-42(46)49-47(39)40)44-36-22-10-8-20-34(36)43(29-14-2-1-3-15-29)35-21-9-11-23-37(35)44/h1-27H. The fourth-order valence-electron chi connectivity index (χ4n) is 8.13. The molecule has 0 spiro atoms. The highest BCUT2D eigenvalue weighted by molar-refractivity contribution is 6.27. The third-order valence-electron chi connectivity index (χ3n) is 10.1. The molecule has 0 aliphatic heterocycles. The molecule has 226 valence electrons. The van der Waals surface area contributed by atoms with Gasteiger partial charge in [0.25, 0.3) is 0 Å². The summed E-state index contributed by atoms with van der Waals surface area (Å²) < 4.78 is 6.91. The van der Waals surface area contributed by atoms with E-state index < -0.39 is 0 Å². The third kappa shape index (κ3) is 3.94. The Bertz CT molecular complexity index is 2880. The summed E-state index contributed by atoms with van der Waals surface area (Å²) in [6.45, 7) is 0. The Kier molecular flexibility index (Phi) is 5.97. The molecule has 0 atom stereocenters. The van der Waals surface area contributed by atoms with Gasteiger partial charge in [-0.25, -0.2) is 0 Å². The van der Waals surface area contributed by atoms with E-state index in [1.807, 2.05) is 24.3 Å². The summed E-state index contributed by atoms with van der Waals surface area (Å²) in [6, 6.07) is 60.2. The quantitative estimate of drug-likeness (QED) is 0.184. The van der Waals surface area contributed by atoms with Gasteiger partial charge in [0.2, 0.25) is 0 Å². The normalized spacial score (nSPS) is 11.7. The zero-order valence-corrected chi connectivity index (χ0v) is 26.4. The van der Waals surface area contributed by atoms with Gasteiger partial charge < -0.3 is 4.42 Å². The number of benzene rings is 9. The predicted molar refractivity (Wildman–Crippen MR) is 205 cm³/mol. The first-order chi connectivity index (χ1) is 24.3. The SMILES string of the molecule is N#Cc1c2ccccc2c(-c2cccc3c2oc2cccc(-c4c5ccccc5c(-c5ccccc5)c5ccccc45)c23)c2ccccc12. The Balaban J connectivity index is 1.33. The molecule has 0 bridgehead atoms. The van der Waals surface area contributed by atoms with Gasteiger partial charge in [-0.1, -0.05) is 158 Å². The maximum Gasteiger partial charge on any atom is 0.143 e. The minimum atomic E-state index is 0.701. The second-order valence-corrected chi connectivity index (χ2v) is 12.6. The smallest absolute Gasteiger partial charge is 0.143 e. The fourth-order valence-corrected chi connectivity index (χ4v) is 8.13. The van der Waals surface area contributed by atoms with Gasteiger partial charge in [-0.3, -0.25) is 0 Å². The topological polar surface area (TPSA) is 36.9 Å². The lowest BCUT2D eigenvalue weighted by atomic mass is 9.84. The van der Waals surface area contributed by atoms with Crippen LogP contribution in [-0.4, -0.2) is 0 Å². The van der Waals surface area contributed by atoms with Crippen molar-refractivity contribution in [3.05, 3.63) is 169 Å². The molecule has 0 unspecified atom stereocenters. The largest absolute Gasteiger partial charge is 0.455 e.